The number of hydrogen-bond donors (Lipinski definition) is 1. The molecule has 30 heavy (non-hydrogen) atoms. The minimum absolute atomic E-state index is 0.252. The molecule has 2 aromatic carbocycles. The first-order valence-electron chi connectivity index (χ1n) is 10.4. The molecule has 2 aliphatic heterocycles. The first-order chi connectivity index (χ1) is 14.4. The van der Waals surface area contributed by atoms with Gasteiger partial charge in [0.15, 0.2) is 0 Å². The molecule has 4 rings (SSSR count). The second-order valence-electron chi connectivity index (χ2n) is 8.55. The van der Waals surface area contributed by atoms with Gasteiger partial charge in [0, 0.05) is 29.9 Å². The van der Waals surface area contributed by atoms with Crippen LogP contribution in [0.1, 0.15) is 32.3 Å². The van der Waals surface area contributed by atoms with E-state index in [1.165, 1.54) is 23.8 Å². The maximum atomic E-state index is 14.1. The van der Waals surface area contributed by atoms with Crippen molar-refractivity contribution in [3.05, 3.63) is 71.3 Å². The number of amides is 2. The summed E-state index contributed by atoms with van der Waals surface area (Å²) < 4.78 is 27.6. The van der Waals surface area contributed by atoms with Gasteiger partial charge in [0.05, 0.1) is 0 Å². The Hall–Kier alpha value is -2.73. The van der Waals surface area contributed by atoms with Crippen LogP contribution in [0.3, 0.4) is 0 Å². The van der Waals surface area contributed by atoms with Crippen LogP contribution in [0.2, 0.25) is 0 Å². The monoisotopic (exact) mass is 411 g/mol. The Morgan fingerprint density at radius 1 is 1.10 bits per heavy atom. The number of carbonyl (C=O) groups excluding carboxylic acids is 1. The van der Waals surface area contributed by atoms with Crippen LogP contribution in [0.25, 0.3) is 0 Å². The van der Waals surface area contributed by atoms with Crippen molar-refractivity contribution in [2.24, 2.45) is 0 Å². The average molecular weight is 411 g/mol. The molecular formula is C24H27F2N3O. The number of urea groups is 1. The third kappa shape index (κ3) is 4.10. The van der Waals surface area contributed by atoms with Gasteiger partial charge in [-0.1, -0.05) is 17.7 Å². The molecule has 0 radical (unpaired) electrons. The third-order valence-corrected chi connectivity index (χ3v) is 6.17. The number of piperidine rings is 1. The van der Waals surface area contributed by atoms with E-state index in [2.05, 4.69) is 30.1 Å². The molecule has 1 spiro atoms. The van der Waals surface area contributed by atoms with Crippen LogP contribution in [0.4, 0.5) is 25.0 Å². The van der Waals surface area contributed by atoms with Crippen molar-refractivity contribution in [3.63, 3.8) is 0 Å². The Bertz CT molecular complexity index is 976. The number of allylic oxidation sites excluding steroid dienone is 1. The van der Waals surface area contributed by atoms with Gasteiger partial charge in [-0.25, -0.2) is 13.6 Å². The highest BCUT2D eigenvalue weighted by Crippen LogP contribution is 2.47. The van der Waals surface area contributed by atoms with Gasteiger partial charge in [0.2, 0.25) is 0 Å². The molecule has 1 saturated heterocycles. The number of fused-ring (bicyclic) bond motifs is 2. The van der Waals surface area contributed by atoms with Crippen LogP contribution in [-0.4, -0.2) is 37.1 Å². The molecule has 6 heteroatoms. The fraction of sp³-hybridized carbons (Fsp3) is 0.375. The number of carbonyl (C=O) groups is 1. The van der Waals surface area contributed by atoms with Crippen molar-refractivity contribution in [1.82, 2.24) is 4.90 Å². The Kier molecular flexibility index (Phi) is 5.60. The van der Waals surface area contributed by atoms with E-state index in [4.69, 9.17) is 0 Å². The summed E-state index contributed by atoms with van der Waals surface area (Å²) in [4.78, 5) is 17.1. The minimum Gasteiger partial charge on any atom is -0.307 e. The van der Waals surface area contributed by atoms with Gasteiger partial charge in [0.1, 0.15) is 11.6 Å². The van der Waals surface area contributed by atoms with Crippen LogP contribution in [0.5, 0.6) is 0 Å². The molecule has 1 fully saturated rings. The minimum atomic E-state index is -0.406. The van der Waals surface area contributed by atoms with E-state index in [-0.39, 0.29) is 17.3 Å². The molecule has 158 valence electrons. The highest BCUT2D eigenvalue weighted by Gasteiger charge is 2.46. The SMILES string of the molecule is CC(C)=CCN1CCC2(CC1)CN(C(=O)Nc1cccc(F)c1)c1ccc(F)cc12. The molecule has 4 nitrogen and oxygen atoms in total. The van der Waals surface area contributed by atoms with Crippen LogP contribution in [0.15, 0.2) is 54.1 Å². The van der Waals surface area contributed by atoms with E-state index in [0.717, 1.165) is 43.7 Å². The molecule has 0 bridgehead atoms. The molecule has 2 aromatic rings. The first kappa shape index (κ1) is 20.5. The Balaban J connectivity index is 1.56. The van der Waals surface area contributed by atoms with Crippen molar-refractivity contribution >= 4 is 17.4 Å². The van der Waals surface area contributed by atoms with E-state index in [0.29, 0.717) is 12.2 Å². The highest BCUT2D eigenvalue weighted by molar-refractivity contribution is 6.03. The van der Waals surface area contributed by atoms with Gasteiger partial charge in [-0.15, -0.1) is 0 Å². The van der Waals surface area contributed by atoms with Crippen LogP contribution in [0, 0.1) is 11.6 Å². The summed E-state index contributed by atoms with van der Waals surface area (Å²) in [6.45, 7) is 7.41. The second-order valence-corrected chi connectivity index (χ2v) is 8.55. The Morgan fingerprint density at radius 3 is 2.53 bits per heavy atom. The maximum absolute atomic E-state index is 14.1. The third-order valence-electron chi connectivity index (χ3n) is 6.17. The standard InChI is InChI=1S/C24H27F2N3O/c1-17(2)8-11-28-12-9-24(10-13-28)16-29(22-7-6-19(26)15-21(22)24)23(30)27-20-5-3-4-18(25)14-20/h3-8,14-15H,9-13,16H2,1-2H3,(H,27,30). The van der Waals surface area contributed by atoms with E-state index >= 15 is 0 Å². The summed E-state index contributed by atoms with van der Waals surface area (Å²) in [6, 6.07) is 10.2. The topological polar surface area (TPSA) is 35.6 Å². The number of likely N-dealkylation sites (tertiary alicyclic amines) is 1. The number of nitrogens with one attached hydrogen (secondary N) is 1. The van der Waals surface area contributed by atoms with Crippen molar-refractivity contribution in [1.29, 1.82) is 0 Å². The zero-order chi connectivity index (χ0) is 21.3. The number of hydrogen-bond acceptors (Lipinski definition) is 2. The molecule has 2 amide bonds. The lowest BCUT2D eigenvalue weighted by Crippen LogP contribution is -2.46. The van der Waals surface area contributed by atoms with E-state index in [9.17, 15) is 13.6 Å². The van der Waals surface area contributed by atoms with Gasteiger partial charge in [-0.3, -0.25) is 9.80 Å². The summed E-state index contributed by atoms with van der Waals surface area (Å²) >= 11 is 0. The fourth-order valence-electron chi connectivity index (χ4n) is 4.48. The normalized spacial score (nSPS) is 17.7. The highest BCUT2D eigenvalue weighted by atomic mass is 19.1. The lowest BCUT2D eigenvalue weighted by atomic mass is 9.74. The zero-order valence-corrected chi connectivity index (χ0v) is 17.4. The number of benzene rings is 2. The molecule has 0 atom stereocenters. The van der Waals surface area contributed by atoms with Crippen LogP contribution < -0.4 is 10.2 Å². The molecule has 0 aliphatic carbocycles. The summed E-state index contributed by atoms with van der Waals surface area (Å²) in [5.41, 5.74) is 3.09. The number of anilines is 2. The van der Waals surface area contributed by atoms with E-state index in [1.54, 1.807) is 29.2 Å². The van der Waals surface area contributed by atoms with Crippen molar-refractivity contribution < 1.29 is 13.6 Å². The van der Waals surface area contributed by atoms with E-state index in [1.807, 2.05) is 0 Å². The molecule has 0 unspecified atom stereocenters. The van der Waals surface area contributed by atoms with Gasteiger partial charge >= 0.3 is 6.03 Å². The van der Waals surface area contributed by atoms with Crippen LogP contribution in [-0.2, 0) is 5.41 Å². The molecule has 0 aromatic heterocycles. The Labute approximate surface area is 176 Å². The number of rotatable bonds is 3. The molecule has 2 heterocycles. The molecule has 2 aliphatic rings. The number of halogens is 2. The largest absolute Gasteiger partial charge is 0.326 e. The molecule has 1 N–H and O–H groups in total. The van der Waals surface area contributed by atoms with Crippen molar-refractivity contribution in [2.75, 3.05) is 36.4 Å². The first-order valence-corrected chi connectivity index (χ1v) is 10.4. The summed E-state index contributed by atoms with van der Waals surface area (Å²) in [5, 5.41) is 2.78. The Morgan fingerprint density at radius 2 is 1.83 bits per heavy atom. The number of nitrogens with zero attached hydrogens (tertiary/aromatic N) is 2. The van der Waals surface area contributed by atoms with E-state index < -0.39 is 5.82 Å². The predicted octanol–water partition coefficient (Wildman–Crippen LogP) is 5.32. The smallest absolute Gasteiger partial charge is 0.307 e. The van der Waals surface area contributed by atoms with Crippen molar-refractivity contribution in [2.45, 2.75) is 32.1 Å². The zero-order valence-electron chi connectivity index (χ0n) is 17.4. The van der Waals surface area contributed by atoms with Crippen LogP contribution >= 0.6 is 0 Å². The lowest BCUT2D eigenvalue weighted by Gasteiger charge is -2.39. The maximum Gasteiger partial charge on any atom is 0.326 e. The van der Waals surface area contributed by atoms with Gasteiger partial charge in [0.25, 0.3) is 0 Å². The van der Waals surface area contributed by atoms with Crippen molar-refractivity contribution in [3.8, 4) is 0 Å². The molecule has 0 saturated carbocycles. The quantitative estimate of drug-likeness (QED) is 0.694. The van der Waals surface area contributed by atoms with Gasteiger partial charge in [-0.05, 0) is 81.7 Å². The second kappa shape index (κ2) is 8.19. The predicted molar refractivity (Wildman–Crippen MR) is 116 cm³/mol. The molecular weight excluding hydrogens is 384 g/mol. The fourth-order valence-corrected chi connectivity index (χ4v) is 4.48. The summed E-state index contributed by atoms with van der Waals surface area (Å²) in [6.07, 6.45) is 3.95. The summed E-state index contributed by atoms with van der Waals surface area (Å²) in [7, 11) is 0. The van der Waals surface area contributed by atoms with Gasteiger partial charge < -0.3 is 5.32 Å². The average Bonchev–Trinajstić information content (AvgIpc) is 3.01. The lowest BCUT2D eigenvalue weighted by molar-refractivity contribution is 0.180. The summed E-state index contributed by atoms with van der Waals surface area (Å²) in [5.74, 6) is -0.690. The van der Waals surface area contributed by atoms with Gasteiger partial charge in [-0.2, -0.15) is 0 Å².